The van der Waals surface area contributed by atoms with Gasteiger partial charge in [-0.25, -0.2) is 9.97 Å². The molecule has 19 heavy (non-hydrogen) atoms. The molecule has 0 aliphatic carbocycles. The molecule has 0 saturated heterocycles. The maximum absolute atomic E-state index is 11.4. The van der Waals surface area contributed by atoms with Gasteiger partial charge in [0.1, 0.15) is 13.1 Å². The molecule has 1 aromatic heterocycles. The normalized spacial score (nSPS) is 9.89. The predicted molar refractivity (Wildman–Crippen MR) is 67.8 cm³/mol. The summed E-state index contributed by atoms with van der Waals surface area (Å²) in [5.41, 5.74) is 1.50. The van der Waals surface area contributed by atoms with Gasteiger partial charge in [0.05, 0.1) is 14.2 Å². The Morgan fingerprint density at radius 1 is 1.05 bits per heavy atom. The van der Waals surface area contributed by atoms with Crippen LogP contribution in [0.25, 0.3) is 0 Å². The van der Waals surface area contributed by atoms with Crippen LogP contribution >= 0.6 is 0 Å². The number of aryl methyl sites for hydroxylation is 2. The number of methoxy groups -OCH3 is 2. The molecule has 1 aromatic rings. The van der Waals surface area contributed by atoms with Crippen LogP contribution in [-0.4, -0.2) is 49.2 Å². The van der Waals surface area contributed by atoms with E-state index in [4.69, 9.17) is 0 Å². The number of esters is 2. The molecule has 7 nitrogen and oxygen atoms in total. The highest BCUT2D eigenvalue weighted by molar-refractivity contribution is 5.80. The minimum Gasteiger partial charge on any atom is -0.468 e. The Bertz CT molecular complexity index is 438. The molecule has 0 aliphatic heterocycles. The first-order valence-electron chi connectivity index (χ1n) is 5.67. The molecule has 0 fully saturated rings. The lowest BCUT2D eigenvalue weighted by molar-refractivity contribution is -0.140. The summed E-state index contributed by atoms with van der Waals surface area (Å²) in [7, 11) is 2.56. The van der Waals surface area contributed by atoms with E-state index >= 15 is 0 Å². The van der Waals surface area contributed by atoms with E-state index in [1.165, 1.54) is 19.1 Å². The zero-order chi connectivity index (χ0) is 14.4. The lowest BCUT2D eigenvalue weighted by Gasteiger charge is -2.20. The largest absolute Gasteiger partial charge is 0.468 e. The number of nitrogens with zero attached hydrogens (tertiary/aromatic N) is 3. The SMILES string of the molecule is COC(=O)CN(CC(=O)OC)c1nc(C)cc(C)n1. The molecule has 0 amide bonds. The Labute approximate surface area is 111 Å². The molecule has 0 aliphatic rings. The molecule has 1 rings (SSSR count). The second-order valence-electron chi connectivity index (χ2n) is 3.96. The van der Waals surface area contributed by atoms with Crippen LogP contribution in [0, 0.1) is 13.8 Å². The van der Waals surface area contributed by atoms with Crippen molar-refractivity contribution in [3.05, 3.63) is 17.5 Å². The third kappa shape index (κ3) is 4.53. The van der Waals surface area contributed by atoms with E-state index < -0.39 is 11.9 Å². The van der Waals surface area contributed by atoms with Crippen molar-refractivity contribution in [2.75, 3.05) is 32.2 Å². The van der Waals surface area contributed by atoms with Crippen molar-refractivity contribution in [1.82, 2.24) is 9.97 Å². The van der Waals surface area contributed by atoms with E-state index in [9.17, 15) is 9.59 Å². The molecule has 0 radical (unpaired) electrons. The van der Waals surface area contributed by atoms with Crippen LogP contribution in [0.1, 0.15) is 11.4 Å². The maximum Gasteiger partial charge on any atom is 0.325 e. The molecule has 0 N–H and O–H groups in total. The topological polar surface area (TPSA) is 81.6 Å². The van der Waals surface area contributed by atoms with Crippen LogP contribution < -0.4 is 4.90 Å². The molecule has 104 valence electrons. The number of carbonyl (C=O) groups excluding carboxylic acids is 2. The Morgan fingerprint density at radius 3 is 1.84 bits per heavy atom. The van der Waals surface area contributed by atoms with Crippen LogP contribution in [0.3, 0.4) is 0 Å². The molecule has 0 saturated carbocycles. The summed E-state index contributed by atoms with van der Waals surface area (Å²) in [4.78, 5) is 32.6. The van der Waals surface area contributed by atoms with Crippen LogP contribution in [0.2, 0.25) is 0 Å². The molecule has 0 unspecified atom stereocenters. The fraction of sp³-hybridized carbons (Fsp3) is 0.500. The molecular formula is C12H17N3O4. The number of hydrogen-bond acceptors (Lipinski definition) is 7. The second kappa shape index (κ2) is 6.67. The van der Waals surface area contributed by atoms with E-state index in [0.717, 1.165) is 11.4 Å². The highest BCUT2D eigenvalue weighted by atomic mass is 16.5. The first kappa shape index (κ1) is 14.9. The molecule has 1 heterocycles. The van der Waals surface area contributed by atoms with Gasteiger partial charge >= 0.3 is 11.9 Å². The lowest BCUT2D eigenvalue weighted by Crippen LogP contribution is -2.37. The summed E-state index contributed by atoms with van der Waals surface area (Å²) in [5.74, 6) is -0.661. The van der Waals surface area contributed by atoms with Crippen molar-refractivity contribution in [2.45, 2.75) is 13.8 Å². The van der Waals surface area contributed by atoms with Gasteiger partial charge in [0.15, 0.2) is 0 Å². The summed E-state index contributed by atoms with van der Waals surface area (Å²) in [6.45, 7) is 3.39. The smallest absolute Gasteiger partial charge is 0.325 e. The Hall–Kier alpha value is -2.18. The molecule has 0 atom stereocenters. The van der Waals surface area contributed by atoms with Gasteiger partial charge in [-0.05, 0) is 19.9 Å². The first-order chi connectivity index (χ1) is 8.96. The van der Waals surface area contributed by atoms with E-state index in [1.54, 1.807) is 6.07 Å². The predicted octanol–water partition coefficient (Wildman–Crippen LogP) is 0.246. The van der Waals surface area contributed by atoms with E-state index in [1.807, 2.05) is 13.8 Å². The van der Waals surface area contributed by atoms with Crippen molar-refractivity contribution in [3.63, 3.8) is 0 Å². The molecular weight excluding hydrogens is 250 g/mol. The van der Waals surface area contributed by atoms with Gasteiger partial charge in [-0.15, -0.1) is 0 Å². The maximum atomic E-state index is 11.4. The number of ether oxygens (including phenoxy) is 2. The van der Waals surface area contributed by atoms with Gasteiger partial charge in [0.25, 0.3) is 0 Å². The van der Waals surface area contributed by atoms with Gasteiger partial charge in [0.2, 0.25) is 5.95 Å². The van der Waals surface area contributed by atoms with Gasteiger partial charge in [-0.1, -0.05) is 0 Å². The number of aromatic nitrogens is 2. The third-order valence-corrected chi connectivity index (χ3v) is 2.35. The standard InChI is InChI=1S/C12H17N3O4/c1-8-5-9(2)14-12(13-8)15(6-10(16)18-3)7-11(17)19-4/h5H,6-7H2,1-4H3. The Balaban J connectivity index is 2.99. The van der Waals surface area contributed by atoms with Crippen LogP contribution in [0.5, 0.6) is 0 Å². The fourth-order valence-electron chi connectivity index (χ4n) is 1.49. The zero-order valence-corrected chi connectivity index (χ0v) is 11.5. The van der Waals surface area contributed by atoms with Crippen molar-refractivity contribution in [3.8, 4) is 0 Å². The lowest BCUT2D eigenvalue weighted by atomic mass is 10.3. The minimum atomic E-state index is -0.480. The second-order valence-corrected chi connectivity index (χ2v) is 3.96. The van der Waals surface area contributed by atoms with Crippen molar-refractivity contribution in [2.24, 2.45) is 0 Å². The van der Waals surface area contributed by atoms with Crippen LogP contribution in [0.15, 0.2) is 6.07 Å². The van der Waals surface area contributed by atoms with Gasteiger partial charge in [0, 0.05) is 11.4 Å². The minimum absolute atomic E-state index is 0.117. The fourth-order valence-corrected chi connectivity index (χ4v) is 1.49. The molecule has 0 bridgehead atoms. The zero-order valence-electron chi connectivity index (χ0n) is 11.5. The number of rotatable bonds is 5. The summed E-state index contributed by atoms with van der Waals surface area (Å²) >= 11 is 0. The summed E-state index contributed by atoms with van der Waals surface area (Å²) in [5, 5.41) is 0. The van der Waals surface area contributed by atoms with Crippen molar-refractivity contribution in [1.29, 1.82) is 0 Å². The van der Waals surface area contributed by atoms with E-state index in [0.29, 0.717) is 5.95 Å². The quantitative estimate of drug-likeness (QED) is 0.707. The number of carbonyl (C=O) groups is 2. The van der Waals surface area contributed by atoms with E-state index in [-0.39, 0.29) is 13.1 Å². The van der Waals surface area contributed by atoms with Crippen molar-refractivity contribution >= 4 is 17.9 Å². The average molecular weight is 267 g/mol. The summed E-state index contributed by atoms with van der Waals surface area (Å²) in [6.07, 6.45) is 0. The monoisotopic (exact) mass is 267 g/mol. The van der Waals surface area contributed by atoms with Crippen molar-refractivity contribution < 1.29 is 19.1 Å². The third-order valence-electron chi connectivity index (χ3n) is 2.35. The number of anilines is 1. The average Bonchev–Trinajstić information content (AvgIpc) is 2.36. The Morgan fingerprint density at radius 2 is 1.47 bits per heavy atom. The van der Waals surface area contributed by atoms with E-state index in [2.05, 4.69) is 19.4 Å². The number of hydrogen-bond donors (Lipinski definition) is 0. The highest BCUT2D eigenvalue weighted by Crippen LogP contribution is 2.10. The van der Waals surface area contributed by atoms with Crippen LogP contribution in [-0.2, 0) is 19.1 Å². The summed E-state index contributed by atoms with van der Waals surface area (Å²) in [6, 6.07) is 1.80. The molecule has 0 spiro atoms. The summed E-state index contributed by atoms with van der Waals surface area (Å²) < 4.78 is 9.18. The first-order valence-corrected chi connectivity index (χ1v) is 5.67. The van der Waals surface area contributed by atoms with Crippen LogP contribution in [0.4, 0.5) is 5.95 Å². The van der Waals surface area contributed by atoms with Gasteiger partial charge < -0.3 is 14.4 Å². The van der Waals surface area contributed by atoms with Gasteiger partial charge in [-0.3, -0.25) is 9.59 Å². The van der Waals surface area contributed by atoms with Gasteiger partial charge in [-0.2, -0.15) is 0 Å². The Kier molecular flexibility index (Phi) is 5.23. The molecule has 0 aromatic carbocycles. The highest BCUT2D eigenvalue weighted by Gasteiger charge is 2.18. The molecule has 7 heteroatoms.